The molecule has 2 aromatic heterocycles. The van der Waals surface area contributed by atoms with Gasteiger partial charge in [0.25, 0.3) is 0 Å². The smallest absolute Gasteiger partial charge is 0.326 e. The van der Waals surface area contributed by atoms with Crippen LogP contribution in [0.25, 0.3) is 11.5 Å². The van der Waals surface area contributed by atoms with Gasteiger partial charge in [0.2, 0.25) is 5.88 Å². The molecule has 4 aromatic rings. The zero-order chi connectivity index (χ0) is 18.6. The Morgan fingerprint density at radius 1 is 1.00 bits per heavy atom. The lowest BCUT2D eigenvalue weighted by Crippen LogP contribution is -2.00. The molecule has 0 bridgehead atoms. The Labute approximate surface area is 158 Å². The number of rotatable bonds is 6. The average Bonchev–Trinajstić information content (AvgIpc) is 3.27. The molecule has 0 amide bonds. The van der Waals surface area contributed by atoms with E-state index < -0.39 is 5.69 Å². The fraction of sp³-hybridized carbons (Fsp3) is 0.0500. The molecule has 2 aromatic carbocycles. The van der Waals surface area contributed by atoms with Crippen LogP contribution in [0.2, 0.25) is 0 Å². The minimum atomic E-state index is -0.491. The van der Waals surface area contributed by atoms with Crippen molar-refractivity contribution in [1.29, 1.82) is 0 Å². The van der Waals surface area contributed by atoms with Crippen molar-refractivity contribution in [3.8, 4) is 23.1 Å². The Morgan fingerprint density at radius 2 is 1.78 bits per heavy atom. The summed E-state index contributed by atoms with van der Waals surface area (Å²) in [5.74, 6) is 0.935. The number of aromatic hydroxyl groups is 1. The van der Waals surface area contributed by atoms with Gasteiger partial charge in [-0.15, -0.1) is 0 Å². The fourth-order valence-electron chi connectivity index (χ4n) is 2.57. The molecule has 0 saturated heterocycles. The molecule has 0 radical (unpaired) electrons. The molecule has 4 rings (SSSR count). The topological polar surface area (TPSA) is 91.2 Å². The second-order valence-electron chi connectivity index (χ2n) is 5.76. The maximum absolute atomic E-state index is 11.3. The van der Waals surface area contributed by atoms with Crippen LogP contribution in [0.1, 0.15) is 5.56 Å². The Balaban J connectivity index is 1.46. The molecule has 2 heterocycles. The first-order chi connectivity index (χ1) is 13.2. The Morgan fingerprint density at radius 3 is 2.48 bits per heavy atom. The zero-order valence-corrected chi connectivity index (χ0v) is 15.0. The SMILES string of the molecule is O=c1[nH]c(O)c(-c2occc2Sc2ccc(OCc3ccccc3)cc2)[nH]1. The highest BCUT2D eigenvalue weighted by molar-refractivity contribution is 7.99. The van der Waals surface area contributed by atoms with Gasteiger partial charge in [-0.25, -0.2) is 4.79 Å². The van der Waals surface area contributed by atoms with Crippen LogP contribution in [-0.4, -0.2) is 15.1 Å². The van der Waals surface area contributed by atoms with Crippen molar-refractivity contribution in [2.75, 3.05) is 0 Å². The number of furan rings is 1. The van der Waals surface area contributed by atoms with E-state index in [0.717, 1.165) is 21.1 Å². The molecular formula is C20H16N2O4S. The van der Waals surface area contributed by atoms with E-state index in [-0.39, 0.29) is 11.6 Å². The summed E-state index contributed by atoms with van der Waals surface area (Å²) in [6.07, 6.45) is 1.51. The number of H-pyrrole nitrogens is 2. The van der Waals surface area contributed by atoms with Crippen LogP contribution in [-0.2, 0) is 6.61 Å². The summed E-state index contributed by atoms with van der Waals surface area (Å²) in [4.78, 5) is 17.9. The van der Waals surface area contributed by atoms with Crippen LogP contribution in [0.3, 0.4) is 0 Å². The molecule has 6 nitrogen and oxygen atoms in total. The highest BCUT2D eigenvalue weighted by atomic mass is 32.2. The van der Waals surface area contributed by atoms with E-state index >= 15 is 0 Å². The molecule has 27 heavy (non-hydrogen) atoms. The lowest BCUT2D eigenvalue weighted by molar-refractivity contribution is 0.306. The van der Waals surface area contributed by atoms with Crippen LogP contribution < -0.4 is 10.4 Å². The number of hydrogen-bond acceptors (Lipinski definition) is 5. The third kappa shape index (κ3) is 3.93. The predicted octanol–water partition coefficient (Wildman–Crippen LogP) is 4.40. The van der Waals surface area contributed by atoms with Crippen LogP contribution in [0.15, 0.2) is 85.9 Å². The summed E-state index contributed by atoms with van der Waals surface area (Å²) >= 11 is 1.46. The second kappa shape index (κ2) is 7.51. The van der Waals surface area contributed by atoms with E-state index in [1.165, 1.54) is 18.0 Å². The molecule has 0 aliphatic heterocycles. The minimum absolute atomic E-state index is 0.232. The standard InChI is InChI=1S/C20H16N2O4S/c23-19-17(21-20(24)22-19)18-16(10-11-25-18)27-15-8-6-14(7-9-15)26-12-13-4-2-1-3-5-13/h1-11,23H,12H2,(H2,21,22,24). The molecule has 136 valence electrons. The number of ether oxygens (including phenoxy) is 1. The molecule has 0 spiro atoms. The molecule has 7 heteroatoms. The summed E-state index contributed by atoms with van der Waals surface area (Å²) in [6.45, 7) is 0.513. The van der Waals surface area contributed by atoms with Crippen molar-refractivity contribution < 1.29 is 14.3 Å². The van der Waals surface area contributed by atoms with Gasteiger partial charge in [0.15, 0.2) is 5.76 Å². The van der Waals surface area contributed by atoms with Gasteiger partial charge >= 0.3 is 5.69 Å². The number of benzene rings is 2. The van der Waals surface area contributed by atoms with E-state index in [0.29, 0.717) is 12.4 Å². The molecular weight excluding hydrogens is 364 g/mol. The van der Waals surface area contributed by atoms with Crippen molar-refractivity contribution in [3.05, 3.63) is 83.0 Å². The summed E-state index contributed by atoms with van der Waals surface area (Å²) < 4.78 is 11.2. The Kier molecular flexibility index (Phi) is 4.76. The van der Waals surface area contributed by atoms with E-state index in [1.807, 2.05) is 54.6 Å². The van der Waals surface area contributed by atoms with Gasteiger partial charge in [-0.05, 0) is 35.9 Å². The molecule has 3 N–H and O–H groups in total. The van der Waals surface area contributed by atoms with E-state index in [1.54, 1.807) is 6.07 Å². The van der Waals surface area contributed by atoms with Gasteiger partial charge in [-0.1, -0.05) is 42.1 Å². The lowest BCUT2D eigenvalue weighted by atomic mass is 10.2. The zero-order valence-electron chi connectivity index (χ0n) is 14.1. The predicted molar refractivity (Wildman–Crippen MR) is 102 cm³/mol. The molecule has 0 unspecified atom stereocenters. The monoisotopic (exact) mass is 380 g/mol. The quantitative estimate of drug-likeness (QED) is 0.461. The molecule has 0 aliphatic carbocycles. The van der Waals surface area contributed by atoms with E-state index in [2.05, 4.69) is 9.97 Å². The van der Waals surface area contributed by atoms with Crippen molar-refractivity contribution >= 4 is 11.8 Å². The minimum Gasteiger partial charge on any atom is -0.493 e. The van der Waals surface area contributed by atoms with Gasteiger partial charge in [0, 0.05) is 4.90 Å². The number of nitrogens with one attached hydrogen (secondary N) is 2. The Hall–Kier alpha value is -3.32. The highest BCUT2D eigenvalue weighted by Gasteiger charge is 2.17. The fourth-order valence-corrected chi connectivity index (χ4v) is 3.46. The molecule has 0 aliphatic rings. The summed E-state index contributed by atoms with van der Waals surface area (Å²) in [5, 5.41) is 9.81. The van der Waals surface area contributed by atoms with Crippen LogP contribution >= 0.6 is 11.8 Å². The maximum Gasteiger partial charge on any atom is 0.326 e. The van der Waals surface area contributed by atoms with Crippen LogP contribution in [0.5, 0.6) is 11.6 Å². The Bertz CT molecular complexity index is 1080. The third-order valence-electron chi connectivity index (χ3n) is 3.86. The summed E-state index contributed by atoms with van der Waals surface area (Å²) in [5.41, 5.74) is 0.851. The number of aromatic nitrogens is 2. The van der Waals surface area contributed by atoms with Crippen molar-refractivity contribution in [2.45, 2.75) is 16.4 Å². The van der Waals surface area contributed by atoms with E-state index in [9.17, 15) is 9.90 Å². The van der Waals surface area contributed by atoms with Crippen molar-refractivity contribution in [1.82, 2.24) is 9.97 Å². The van der Waals surface area contributed by atoms with Gasteiger partial charge in [0.05, 0.1) is 11.2 Å². The number of aromatic amines is 2. The van der Waals surface area contributed by atoms with Gasteiger partial charge in [-0.3, -0.25) is 9.97 Å². The maximum atomic E-state index is 11.3. The van der Waals surface area contributed by atoms with Gasteiger partial charge < -0.3 is 14.3 Å². The number of hydrogen-bond donors (Lipinski definition) is 3. The van der Waals surface area contributed by atoms with Crippen molar-refractivity contribution in [3.63, 3.8) is 0 Å². The number of imidazole rings is 1. The third-order valence-corrected chi connectivity index (χ3v) is 4.91. The molecule has 0 saturated carbocycles. The molecule has 0 atom stereocenters. The summed E-state index contributed by atoms with van der Waals surface area (Å²) in [7, 11) is 0. The lowest BCUT2D eigenvalue weighted by Gasteiger charge is -2.07. The first-order valence-electron chi connectivity index (χ1n) is 8.23. The van der Waals surface area contributed by atoms with Crippen LogP contribution in [0, 0.1) is 0 Å². The van der Waals surface area contributed by atoms with Crippen LogP contribution in [0.4, 0.5) is 0 Å². The molecule has 0 fully saturated rings. The normalized spacial score (nSPS) is 10.8. The van der Waals surface area contributed by atoms with E-state index in [4.69, 9.17) is 9.15 Å². The summed E-state index contributed by atoms with van der Waals surface area (Å²) in [6, 6.07) is 19.5. The first-order valence-corrected chi connectivity index (χ1v) is 9.04. The average molecular weight is 380 g/mol. The second-order valence-corrected chi connectivity index (χ2v) is 6.88. The van der Waals surface area contributed by atoms with Gasteiger partial charge in [0.1, 0.15) is 18.1 Å². The highest BCUT2D eigenvalue weighted by Crippen LogP contribution is 2.38. The van der Waals surface area contributed by atoms with Gasteiger partial charge in [-0.2, -0.15) is 0 Å². The first kappa shape index (κ1) is 17.1. The largest absolute Gasteiger partial charge is 0.493 e. The van der Waals surface area contributed by atoms with Crippen molar-refractivity contribution in [2.24, 2.45) is 0 Å².